The molecule has 4 nitrogen and oxygen atoms in total. The van der Waals surface area contributed by atoms with Crippen molar-refractivity contribution in [2.75, 3.05) is 25.9 Å². The Morgan fingerprint density at radius 3 is 2.87 bits per heavy atom. The SMILES string of the molecule is C=CCCS(=O)(=O)NC[C@H]1CCCN1C. The molecular weight excluding hydrogens is 212 g/mol. The standard InChI is InChI=1S/C10H20N2O2S/c1-3-4-8-15(13,14)11-9-10-6-5-7-12(10)2/h3,10-11H,1,4-9H2,2H3/t10-/m1/s1. The average molecular weight is 232 g/mol. The lowest BCUT2D eigenvalue weighted by Crippen LogP contribution is -2.39. The Bertz CT molecular complexity index is 301. The molecule has 0 aromatic heterocycles. The highest BCUT2D eigenvalue weighted by Gasteiger charge is 2.22. The van der Waals surface area contributed by atoms with Gasteiger partial charge in [0.25, 0.3) is 0 Å². The van der Waals surface area contributed by atoms with E-state index in [1.807, 2.05) is 7.05 Å². The van der Waals surface area contributed by atoms with E-state index in [2.05, 4.69) is 16.2 Å². The molecule has 1 aliphatic rings. The van der Waals surface area contributed by atoms with E-state index in [-0.39, 0.29) is 5.75 Å². The third-order valence-electron chi connectivity index (χ3n) is 2.80. The van der Waals surface area contributed by atoms with Crippen molar-refractivity contribution in [2.45, 2.75) is 25.3 Å². The molecule has 0 aromatic rings. The van der Waals surface area contributed by atoms with Crippen molar-refractivity contribution >= 4 is 10.0 Å². The van der Waals surface area contributed by atoms with Crippen molar-refractivity contribution in [3.63, 3.8) is 0 Å². The van der Waals surface area contributed by atoms with Gasteiger partial charge in [-0.25, -0.2) is 13.1 Å². The van der Waals surface area contributed by atoms with E-state index in [0.717, 1.165) is 19.4 Å². The minimum Gasteiger partial charge on any atom is -0.302 e. The number of hydrogen-bond acceptors (Lipinski definition) is 3. The predicted molar refractivity (Wildman–Crippen MR) is 62.3 cm³/mol. The molecule has 0 bridgehead atoms. The predicted octanol–water partition coefficient (Wildman–Crippen LogP) is 0.576. The van der Waals surface area contributed by atoms with E-state index in [4.69, 9.17) is 0 Å². The topological polar surface area (TPSA) is 49.4 Å². The Hall–Kier alpha value is -0.390. The van der Waals surface area contributed by atoms with Crippen LogP contribution >= 0.6 is 0 Å². The van der Waals surface area contributed by atoms with Crippen LogP contribution in [0.5, 0.6) is 0 Å². The second kappa shape index (κ2) is 5.63. The van der Waals surface area contributed by atoms with Gasteiger partial charge in [0.1, 0.15) is 0 Å². The largest absolute Gasteiger partial charge is 0.302 e. The summed E-state index contributed by atoms with van der Waals surface area (Å²) in [4.78, 5) is 2.20. The number of hydrogen-bond donors (Lipinski definition) is 1. The maximum absolute atomic E-state index is 11.5. The first kappa shape index (κ1) is 12.7. The Morgan fingerprint density at radius 1 is 1.60 bits per heavy atom. The van der Waals surface area contributed by atoms with Crippen LogP contribution in [0.1, 0.15) is 19.3 Å². The van der Waals surface area contributed by atoms with Gasteiger partial charge in [0.05, 0.1) is 5.75 Å². The maximum Gasteiger partial charge on any atom is 0.211 e. The molecule has 1 N–H and O–H groups in total. The Kier molecular flexibility index (Phi) is 4.76. The molecule has 0 amide bonds. The van der Waals surface area contributed by atoms with Crippen LogP contribution in [0.3, 0.4) is 0 Å². The van der Waals surface area contributed by atoms with Gasteiger partial charge in [0.15, 0.2) is 0 Å². The molecule has 0 spiro atoms. The molecule has 1 saturated heterocycles. The summed E-state index contributed by atoms with van der Waals surface area (Å²) in [6.07, 6.45) is 4.38. The minimum atomic E-state index is -3.10. The minimum absolute atomic E-state index is 0.146. The number of rotatable bonds is 6. The normalized spacial score (nSPS) is 23.1. The molecule has 5 heteroatoms. The molecule has 1 aliphatic heterocycles. The number of nitrogens with zero attached hydrogens (tertiary/aromatic N) is 1. The fourth-order valence-corrected chi connectivity index (χ4v) is 2.84. The van der Waals surface area contributed by atoms with Gasteiger partial charge in [-0.1, -0.05) is 6.08 Å². The van der Waals surface area contributed by atoms with Crippen molar-refractivity contribution < 1.29 is 8.42 Å². The molecule has 0 radical (unpaired) electrons. The molecule has 15 heavy (non-hydrogen) atoms. The summed E-state index contributed by atoms with van der Waals surface area (Å²) in [6, 6.07) is 0.364. The van der Waals surface area contributed by atoms with Gasteiger partial charge in [-0.3, -0.25) is 0 Å². The number of allylic oxidation sites excluding steroid dienone is 1. The highest BCUT2D eigenvalue weighted by Crippen LogP contribution is 2.13. The van der Waals surface area contributed by atoms with Crippen LogP contribution in [-0.2, 0) is 10.0 Å². The van der Waals surface area contributed by atoms with Crippen LogP contribution in [0.15, 0.2) is 12.7 Å². The summed E-state index contributed by atoms with van der Waals surface area (Å²) in [7, 11) is -1.07. The van der Waals surface area contributed by atoms with Gasteiger partial charge in [-0.05, 0) is 32.9 Å². The van der Waals surface area contributed by atoms with Gasteiger partial charge in [-0.15, -0.1) is 6.58 Å². The van der Waals surface area contributed by atoms with Crippen LogP contribution in [0.2, 0.25) is 0 Å². The van der Waals surface area contributed by atoms with E-state index < -0.39 is 10.0 Å². The first-order valence-corrected chi connectivity index (χ1v) is 6.99. The van der Waals surface area contributed by atoms with Crippen LogP contribution in [0.4, 0.5) is 0 Å². The summed E-state index contributed by atoms with van der Waals surface area (Å²) in [5.74, 6) is 0.146. The highest BCUT2D eigenvalue weighted by atomic mass is 32.2. The monoisotopic (exact) mass is 232 g/mol. The third kappa shape index (κ3) is 4.32. The van der Waals surface area contributed by atoms with E-state index in [1.54, 1.807) is 6.08 Å². The fraction of sp³-hybridized carbons (Fsp3) is 0.800. The molecular formula is C10H20N2O2S. The van der Waals surface area contributed by atoms with Gasteiger partial charge in [-0.2, -0.15) is 0 Å². The van der Waals surface area contributed by atoms with Crippen molar-refractivity contribution in [3.8, 4) is 0 Å². The second-order valence-corrected chi connectivity index (χ2v) is 5.95. The van der Waals surface area contributed by atoms with E-state index in [1.165, 1.54) is 0 Å². The lowest BCUT2D eigenvalue weighted by Gasteiger charge is -2.19. The number of sulfonamides is 1. The maximum atomic E-state index is 11.5. The molecule has 1 heterocycles. The lowest BCUT2D eigenvalue weighted by atomic mass is 10.2. The van der Waals surface area contributed by atoms with Crippen LogP contribution in [-0.4, -0.2) is 45.2 Å². The average Bonchev–Trinajstić information content (AvgIpc) is 2.58. The highest BCUT2D eigenvalue weighted by molar-refractivity contribution is 7.89. The molecule has 0 saturated carbocycles. The van der Waals surface area contributed by atoms with Crippen LogP contribution in [0, 0.1) is 0 Å². The summed E-state index contributed by atoms with van der Waals surface area (Å²) in [5, 5.41) is 0. The zero-order chi connectivity index (χ0) is 11.3. The number of likely N-dealkylation sites (N-methyl/N-ethyl adjacent to an activating group) is 1. The van der Waals surface area contributed by atoms with Crippen molar-refractivity contribution in [1.29, 1.82) is 0 Å². The van der Waals surface area contributed by atoms with Gasteiger partial charge < -0.3 is 4.90 Å². The summed E-state index contributed by atoms with van der Waals surface area (Å²) in [6.45, 7) is 5.12. The van der Waals surface area contributed by atoms with Crippen molar-refractivity contribution in [3.05, 3.63) is 12.7 Å². The van der Waals surface area contributed by atoms with Crippen LogP contribution < -0.4 is 4.72 Å². The number of nitrogens with one attached hydrogen (secondary N) is 1. The first-order chi connectivity index (χ1) is 7.05. The van der Waals surface area contributed by atoms with E-state index >= 15 is 0 Å². The second-order valence-electron chi connectivity index (χ2n) is 4.02. The molecule has 0 unspecified atom stereocenters. The Morgan fingerprint density at radius 2 is 2.33 bits per heavy atom. The van der Waals surface area contributed by atoms with E-state index in [9.17, 15) is 8.42 Å². The molecule has 88 valence electrons. The van der Waals surface area contributed by atoms with Crippen LogP contribution in [0.25, 0.3) is 0 Å². The summed E-state index contributed by atoms with van der Waals surface area (Å²) in [5.41, 5.74) is 0. The number of likely N-dealkylation sites (tertiary alicyclic amines) is 1. The molecule has 0 aromatic carbocycles. The van der Waals surface area contributed by atoms with Crippen molar-refractivity contribution in [2.24, 2.45) is 0 Å². The Balaban J connectivity index is 2.32. The quantitative estimate of drug-likeness (QED) is 0.681. The molecule has 1 rings (SSSR count). The molecule has 1 fully saturated rings. The van der Waals surface area contributed by atoms with Gasteiger partial charge in [0, 0.05) is 12.6 Å². The molecule has 0 aliphatic carbocycles. The smallest absolute Gasteiger partial charge is 0.211 e. The zero-order valence-electron chi connectivity index (χ0n) is 9.28. The summed E-state index contributed by atoms with van der Waals surface area (Å²) < 4.78 is 25.6. The molecule has 1 atom stereocenters. The van der Waals surface area contributed by atoms with Gasteiger partial charge in [0.2, 0.25) is 10.0 Å². The third-order valence-corrected chi connectivity index (χ3v) is 4.18. The zero-order valence-corrected chi connectivity index (χ0v) is 10.1. The van der Waals surface area contributed by atoms with E-state index in [0.29, 0.717) is 19.0 Å². The summed E-state index contributed by atoms with van der Waals surface area (Å²) >= 11 is 0. The first-order valence-electron chi connectivity index (χ1n) is 5.33. The Labute approximate surface area is 92.4 Å². The van der Waals surface area contributed by atoms with Crippen molar-refractivity contribution in [1.82, 2.24) is 9.62 Å². The van der Waals surface area contributed by atoms with Gasteiger partial charge >= 0.3 is 0 Å². The lowest BCUT2D eigenvalue weighted by molar-refractivity contribution is 0.311. The fourth-order valence-electron chi connectivity index (χ4n) is 1.77.